The number of rotatable bonds is 5. The Kier molecular flexibility index (Phi) is 4.98. The fraction of sp³-hybridized carbons (Fsp3) is 0.211. The van der Waals surface area contributed by atoms with Crippen LogP contribution in [0.25, 0.3) is 10.9 Å². The molecule has 3 rings (SSSR count). The third-order valence-corrected chi connectivity index (χ3v) is 4.00. The fourth-order valence-electron chi connectivity index (χ4n) is 2.69. The van der Waals surface area contributed by atoms with E-state index in [1.54, 1.807) is 49.4 Å². The van der Waals surface area contributed by atoms with Gasteiger partial charge in [-0.3, -0.25) is 0 Å². The van der Waals surface area contributed by atoms with Crippen LogP contribution in [0.4, 0.5) is 19.0 Å². The van der Waals surface area contributed by atoms with Crippen molar-refractivity contribution in [2.75, 3.05) is 5.32 Å². The van der Waals surface area contributed by atoms with Crippen molar-refractivity contribution in [2.45, 2.75) is 25.6 Å². The van der Waals surface area contributed by atoms with Crippen LogP contribution in [0.3, 0.4) is 0 Å². The molecule has 0 aliphatic carbocycles. The number of nitrogens with one attached hydrogen (secondary N) is 1. The van der Waals surface area contributed by atoms with E-state index in [4.69, 9.17) is 0 Å². The first-order valence-electron chi connectivity index (χ1n) is 8.13. The van der Waals surface area contributed by atoms with E-state index in [2.05, 4.69) is 15.3 Å². The summed E-state index contributed by atoms with van der Waals surface area (Å²) in [6, 6.07) is 12.4. The monoisotopic (exact) mass is 375 g/mol. The summed E-state index contributed by atoms with van der Waals surface area (Å²) in [5.41, 5.74) is 1.63. The molecular formula is C19H16F3N3O2. The number of nitrogens with zero attached hydrogens (tertiary/aromatic N) is 2. The summed E-state index contributed by atoms with van der Waals surface area (Å²) < 4.78 is 39.4. The average molecular weight is 375 g/mol. The van der Waals surface area contributed by atoms with Gasteiger partial charge in [-0.2, -0.15) is 13.2 Å². The Labute approximate surface area is 152 Å². The van der Waals surface area contributed by atoms with Gasteiger partial charge in [0.05, 0.1) is 5.52 Å². The number of carboxylic acids is 1. The molecule has 0 saturated carbocycles. The zero-order chi connectivity index (χ0) is 19.6. The highest BCUT2D eigenvalue weighted by Gasteiger charge is 2.36. The minimum Gasteiger partial charge on any atom is -0.480 e. The van der Waals surface area contributed by atoms with Crippen LogP contribution in [0.2, 0.25) is 0 Å². The summed E-state index contributed by atoms with van der Waals surface area (Å²) in [6.07, 6.45) is -4.65. The number of aromatic nitrogens is 2. The van der Waals surface area contributed by atoms with Gasteiger partial charge in [0.1, 0.15) is 11.9 Å². The molecule has 1 aromatic heterocycles. The Hall–Kier alpha value is -3.16. The zero-order valence-electron chi connectivity index (χ0n) is 14.3. The molecule has 5 nitrogen and oxygen atoms in total. The van der Waals surface area contributed by atoms with Crippen LogP contribution in [0, 0.1) is 6.92 Å². The third kappa shape index (κ3) is 4.33. The van der Waals surface area contributed by atoms with Crippen LogP contribution in [-0.2, 0) is 17.4 Å². The van der Waals surface area contributed by atoms with Gasteiger partial charge in [-0.15, -0.1) is 0 Å². The number of fused-ring (bicyclic) bond motifs is 1. The number of carbonyl (C=O) groups is 1. The lowest BCUT2D eigenvalue weighted by Crippen LogP contribution is -2.32. The van der Waals surface area contributed by atoms with Crippen molar-refractivity contribution in [3.63, 3.8) is 0 Å². The van der Waals surface area contributed by atoms with Gasteiger partial charge >= 0.3 is 12.1 Å². The smallest absolute Gasteiger partial charge is 0.451 e. The van der Waals surface area contributed by atoms with Gasteiger partial charge in [-0.05, 0) is 24.6 Å². The van der Waals surface area contributed by atoms with Crippen molar-refractivity contribution in [1.82, 2.24) is 9.97 Å². The maximum Gasteiger partial charge on any atom is 0.451 e. The lowest BCUT2D eigenvalue weighted by molar-refractivity contribution is -0.144. The highest BCUT2D eigenvalue weighted by molar-refractivity contribution is 5.91. The first kappa shape index (κ1) is 18.6. The van der Waals surface area contributed by atoms with E-state index in [-0.39, 0.29) is 17.8 Å². The van der Waals surface area contributed by atoms with Crippen molar-refractivity contribution < 1.29 is 23.1 Å². The summed E-state index contributed by atoms with van der Waals surface area (Å²) >= 11 is 0. The molecule has 0 aliphatic heterocycles. The van der Waals surface area contributed by atoms with Crippen LogP contribution in [0.1, 0.15) is 17.0 Å². The van der Waals surface area contributed by atoms with E-state index < -0.39 is 24.0 Å². The number of hydrogen-bond acceptors (Lipinski definition) is 4. The minimum absolute atomic E-state index is 0.0919. The molecule has 0 aliphatic rings. The van der Waals surface area contributed by atoms with Gasteiger partial charge in [0, 0.05) is 11.8 Å². The summed E-state index contributed by atoms with van der Waals surface area (Å²) in [5, 5.41) is 12.5. The largest absolute Gasteiger partial charge is 0.480 e. The molecule has 1 atom stereocenters. The van der Waals surface area contributed by atoms with Gasteiger partial charge in [0.25, 0.3) is 0 Å². The molecule has 1 unspecified atom stereocenters. The Morgan fingerprint density at radius 2 is 1.85 bits per heavy atom. The zero-order valence-corrected chi connectivity index (χ0v) is 14.3. The number of aliphatic carboxylic acids is 1. The average Bonchev–Trinajstić information content (AvgIpc) is 2.61. The van der Waals surface area contributed by atoms with Crippen LogP contribution >= 0.6 is 0 Å². The highest BCUT2D eigenvalue weighted by atomic mass is 19.4. The van der Waals surface area contributed by atoms with Gasteiger partial charge < -0.3 is 10.4 Å². The first-order valence-corrected chi connectivity index (χ1v) is 8.13. The summed E-state index contributed by atoms with van der Waals surface area (Å²) in [4.78, 5) is 18.8. The van der Waals surface area contributed by atoms with Gasteiger partial charge in [0.15, 0.2) is 0 Å². The number of carboxylic acid groups (broad SMARTS) is 1. The Bertz CT molecular complexity index is 975. The number of benzene rings is 2. The Balaban J connectivity index is 2.04. The molecule has 3 aromatic rings. The number of anilines is 1. The molecular weight excluding hydrogens is 359 g/mol. The predicted octanol–water partition coefficient (Wildman–Crippen LogP) is 4.06. The first-order chi connectivity index (χ1) is 12.7. The predicted molar refractivity (Wildman–Crippen MR) is 94.5 cm³/mol. The summed E-state index contributed by atoms with van der Waals surface area (Å²) in [5.74, 6) is -2.66. The molecule has 140 valence electrons. The van der Waals surface area contributed by atoms with Crippen molar-refractivity contribution in [2.24, 2.45) is 0 Å². The normalized spacial score (nSPS) is 12.7. The number of alkyl halides is 3. The number of halogens is 3. The molecule has 0 amide bonds. The third-order valence-electron chi connectivity index (χ3n) is 4.00. The maximum atomic E-state index is 13.1. The lowest BCUT2D eigenvalue weighted by Gasteiger charge is -2.18. The quantitative estimate of drug-likeness (QED) is 0.703. The van der Waals surface area contributed by atoms with Crippen molar-refractivity contribution in [1.29, 1.82) is 0 Å². The molecule has 27 heavy (non-hydrogen) atoms. The van der Waals surface area contributed by atoms with E-state index in [1.807, 2.05) is 0 Å². The number of aryl methyl sites for hydroxylation is 1. The second-order valence-corrected chi connectivity index (χ2v) is 6.14. The summed E-state index contributed by atoms with van der Waals surface area (Å²) in [6.45, 7) is 1.78. The van der Waals surface area contributed by atoms with Crippen LogP contribution in [0.5, 0.6) is 0 Å². The van der Waals surface area contributed by atoms with E-state index in [9.17, 15) is 23.1 Å². The molecule has 0 bridgehead atoms. The van der Waals surface area contributed by atoms with Crippen molar-refractivity contribution in [3.8, 4) is 0 Å². The Morgan fingerprint density at radius 3 is 2.48 bits per heavy atom. The van der Waals surface area contributed by atoms with E-state index in [0.29, 0.717) is 5.39 Å². The molecule has 0 saturated heterocycles. The molecule has 1 heterocycles. The van der Waals surface area contributed by atoms with E-state index in [1.165, 1.54) is 6.07 Å². The second-order valence-electron chi connectivity index (χ2n) is 6.14. The van der Waals surface area contributed by atoms with Crippen LogP contribution in [0.15, 0.2) is 48.5 Å². The Morgan fingerprint density at radius 1 is 1.15 bits per heavy atom. The van der Waals surface area contributed by atoms with Crippen molar-refractivity contribution in [3.05, 3.63) is 65.5 Å². The molecule has 2 N–H and O–H groups in total. The van der Waals surface area contributed by atoms with Gasteiger partial charge in [-0.1, -0.05) is 42.0 Å². The van der Waals surface area contributed by atoms with Crippen LogP contribution in [-0.4, -0.2) is 27.1 Å². The topological polar surface area (TPSA) is 75.1 Å². The molecule has 0 spiro atoms. The van der Waals surface area contributed by atoms with Gasteiger partial charge in [0.2, 0.25) is 5.82 Å². The van der Waals surface area contributed by atoms with Gasteiger partial charge in [-0.25, -0.2) is 14.8 Å². The van der Waals surface area contributed by atoms with Crippen LogP contribution < -0.4 is 5.32 Å². The number of hydrogen-bond donors (Lipinski definition) is 2. The summed E-state index contributed by atoms with van der Waals surface area (Å²) in [7, 11) is 0. The maximum absolute atomic E-state index is 13.1. The van der Waals surface area contributed by atoms with E-state index in [0.717, 1.165) is 11.1 Å². The molecule has 8 heteroatoms. The van der Waals surface area contributed by atoms with Crippen molar-refractivity contribution >= 4 is 22.7 Å². The SMILES string of the molecule is Cc1ccc2nc(C(F)(F)F)nc(NC(Cc3ccccc3)C(=O)O)c2c1. The molecule has 0 fully saturated rings. The fourth-order valence-corrected chi connectivity index (χ4v) is 2.69. The standard InChI is InChI=1S/C19H16F3N3O2/c1-11-7-8-14-13(9-11)16(25-18(24-14)19(20,21)22)23-15(17(26)27)10-12-5-3-2-4-6-12/h2-9,15H,10H2,1H3,(H,26,27)(H,23,24,25). The molecule has 0 radical (unpaired) electrons. The minimum atomic E-state index is -4.74. The lowest BCUT2D eigenvalue weighted by atomic mass is 10.1. The van der Waals surface area contributed by atoms with E-state index >= 15 is 0 Å². The highest BCUT2D eigenvalue weighted by Crippen LogP contribution is 2.31. The molecule has 2 aromatic carbocycles. The second kappa shape index (κ2) is 7.22.